The maximum atomic E-state index is 11.5. The Labute approximate surface area is 89.5 Å². The molecule has 0 aliphatic rings. The van der Waals surface area contributed by atoms with E-state index in [0.29, 0.717) is 4.21 Å². The summed E-state index contributed by atoms with van der Waals surface area (Å²) in [6, 6.07) is 3.28. The van der Waals surface area contributed by atoms with Gasteiger partial charge in [-0.1, -0.05) is 0 Å². The zero-order valence-electron chi connectivity index (χ0n) is 6.73. The third-order valence-corrected chi connectivity index (χ3v) is 5.43. The molecule has 0 radical (unpaired) electrons. The average molecular weight is 285 g/mol. The number of thiophene rings is 1. The predicted octanol–water partition coefficient (Wildman–Crippen LogP) is 1.67. The molecule has 1 rings (SSSR count). The van der Waals surface area contributed by atoms with Gasteiger partial charge in [0.2, 0.25) is 0 Å². The Morgan fingerprint density at radius 1 is 1.46 bits per heavy atom. The van der Waals surface area contributed by atoms with Crippen LogP contribution in [0.5, 0.6) is 0 Å². The van der Waals surface area contributed by atoms with Gasteiger partial charge < -0.3 is 5.11 Å². The van der Waals surface area contributed by atoms with Crippen molar-refractivity contribution in [1.29, 1.82) is 0 Å². The molecular formula is C7H9BrO3S2. The molecule has 0 fully saturated rings. The van der Waals surface area contributed by atoms with Crippen molar-refractivity contribution < 1.29 is 13.5 Å². The summed E-state index contributed by atoms with van der Waals surface area (Å²) in [4.78, 5) is 0. The van der Waals surface area contributed by atoms with E-state index in [2.05, 4.69) is 15.9 Å². The van der Waals surface area contributed by atoms with E-state index < -0.39 is 9.84 Å². The molecule has 0 aromatic carbocycles. The van der Waals surface area contributed by atoms with Gasteiger partial charge in [-0.25, -0.2) is 8.42 Å². The van der Waals surface area contributed by atoms with Crippen LogP contribution in [0.4, 0.5) is 0 Å². The molecule has 0 aliphatic carbocycles. The lowest BCUT2D eigenvalue weighted by atomic mass is 10.5. The van der Waals surface area contributed by atoms with Gasteiger partial charge in [0.15, 0.2) is 9.84 Å². The van der Waals surface area contributed by atoms with Crippen molar-refractivity contribution in [2.75, 3.05) is 12.4 Å². The molecule has 3 nitrogen and oxygen atoms in total. The third kappa shape index (κ3) is 3.05. The summed E-state index contributed by atoms with van der Waals surface area (Å²) in [6.07, 6.45) is 0.290. The van der Waals surface area contributed by atoms with E-state index in [-0.39, 0.29) is 18.8 Å². The van der Waals surface area contributed by atoms with Crippen LogP contribution in [0.15, 0.2) is 20.1 Å². The molecule has 0 atom stereocenters. The lowest BCUT2D eigenvalue weighted by molar-refractivity contribution is 0.295. The monoisotopic (exact) mass is 284 g/mol. The normalized spacial score (nSPS) is 11.8. The average Bonchev–Trinajstić information content (AvgIpc) is 2.49. The fourth-order valence-electron chi connectivity index (χ4n) is 0.820. The number of hydrogen-bond acceptors (Lipinski definition) is 4. The highest BCUT2D eigenvalue weighted by Crippen LogP contribution is 2.26. The first-order valence-electron chi connectivity index (χ1n) is 3.65. The number of sulfone groups is 1. The van der Waals surface area contributed by atoms with Crippen LogP contribution in [0.25, 0.3) is 0 Å². The van der Waals surface area contributed by atoms with Gasteiger partial charge in [0.1, 0.15) is 4.21 Å². The molecule has 1 aromatic heterocycles. The topological polar surface area (TPSA) is 54.4 Å². The molecule has 13 heavy (non-hydrogen) atoms. The molecule has 0 spiro atoms. The van der Waals surface area contributed by atoms with Gasteiger partial charge in [-0.15, -0.1) is 11.3 Å². The summed E-state index contributed by atoms with van der Waals surface area (Å²) >= 11 is 4.39. The number of hydrogen-bond donors (Lipinski definition) is 1. The van der Waals surface area contributed by atoms with Crippen molar-refractivity contribution in [3.63, 3.8) is 0 Å². The largest absolute Gasteiger partial charge is 0.396 e. The van der Waals surface area contributed by atoms with Crippen molar-refractivity contribution in [2.24, 2.45) is 0 Å². The zero-order chi connectivity index (χ0) is 9.90. The van der Waals surface area contributed by atoms with Crippen LogP contribution in [0.3, 0.4) is 0 Å². The van der Waals surface area contributed by atoms with E-state index in [4.69, 9.17) is 5.11 Å². The first-order valence-corrected chi connectivity index (χ1v) is 6.91. The van der Waals surface area contributed by atoms with Gasteiger partial charge in [0.25, 0.3) is 0 Å². The maximum absolute atomic E-state index is 11.5. The van der Waals surface area contributed by atoms with Gasteiger partial charge >= 0.3 is 0 Å². The predicted molar refractivity (Wildman–Crippen MR) is 55.8 cm³/mol. The Balaban J connectivity index is 2.82. The first kappa shape index (κ1) is 11.2. The van der Waals surface area contributed by atoms with E-state index in [1.165, 1.54) is 11.3 Å². The lowest BCUT2D eigenvalue weighted by Crippen LogP contribution is -2.06. The molecule has 0 bridgehead atoms. The van der Waals surface area contributed by atoms with Gasteiger partial charge in [0, 0.05) is 6.61 Å². The highest BCUT2D eigenvalue weighted by Gasteiger charge is 2.15. The minimum atomic E-state index is -3.17. The Kier molecular flexibility index (Phi) is 3.90. The summed E-state index contributed by atoms with van der Waals surface area (Å²) in [7, 11) is -3.17. The second-order valence-electron chi connectivity index (χ2n) is 2.45. The quantitative estimate of drug-likeness (QED) is 0.915. The van der Waals surface area contributed by atoms with Crippen LogP contribution < -0.4 is 0 Å². The third-order valence-electron chi connectivity index (χ3n) is 1.43. The second-order valence-corrected chi connectivity index (χ2v) is 7.25. The van der Waals surface area contributed by atoms with E-state index in [1.54, 1.807) is 12.1 Å². The summed E-state index contributed by atoms with van der Waals surface area (Å²) in [5, 5.41) is 8.51. The van der Waals surface area contributed by atoms with Crippen molar-refractivity contribution in [3.05, 3.63) is 15.9 Å². The summed E-state index contributed by atoms with van der Waals surface area (Å²) in [6.45, 7) is -0.0915. The summed E-state index contributed by atoms with van der Waals surface area (Å²) in [5.74, 6) is 0.0104. The molecule has 1 aromatic rings. The molecule has 0 saturated carbocycles. The molecule has 0 aliphatic heterocycles. The summed E-state index contributed by atoms with van der Waals surface area (Å²) < 4.78 is 24.1. The van der Waals surface area contributed by atoms with Crippen LogP contribution in [0.2, 0.25) is 0 Å². The number of halogens is 1. The summed E-state index contributed by atoms with van der Waals surface area (Å²) in [5.41, 5.74) is 0. The molecule has 0 unspecified atom stereocenters. The minimum absolute atomic E-state index is 0.0104. The standard InChI is InChI=1S/C7H9BrO3S2/c8-6-2-3-7(12-6)13(10,11)5-1-4-9/h2-3,9H,1,4-5H2. The minimum Gasteiger partial charge on any atom is -0.396 e. The molecule has 1 N–H and O–H groups in total. The van der Waals surface area contributed by atoms with Crippen LogP contribution in [0.1, 0.15) is 6.42 Å². The Morgan fingerprint density at radius 3 is 2.62 bits per heavy atom. The van der Waals surface area contributed by atoms with Crippen molar-refractivity contribution in [2.45, 2.75) is 10.6 Å². The van der Waals surface area contributed by atoms with Gasteiger partial charge in [-0.3, -0.25) is 0 Å². The van der Waals surface area contributed by atoms with Crippen molar-refractivity contribution >= 4 is 37.1 Å². The highest BCUT2D eigenvalue weighted by molar-refractivity contribution is 9.11. The second kappa shape index (κ2) is 4.54. The van der Waals surface area contributed by atoms with E-state index in [9.17, 15) is 8.42 Å². The fourth-order valence-corrected chi connectivity index (χ4v) is 4.27. The van der Waals surface area contributed by atoms with Gasteiger partial charge in [0.05, 0.1) is 9.54 Å². The zero-order valence-corrected chi connectivity index (χ0v) is 9.95. The number of aliphatic hydroxyl groups is 1. The highest BCUT2D eigenvalue weighted by atomic mass is 79.9. The molecular weight excluding hydrogens is 276 g/mol. The van der Waals surface area contributed by atoms with E-state index >= 15 is 0 Å². The number of aliphatic hydroxyl groups excluding tert-OH is 1. The SMILES string of the molecule is O=S(=O)(CCCO)c1ccc(Br)s1. The molecule has 0 amide bonds. The fraction of sp³-hybridized carbons (Fsp3) is 0.429. The van der Waals surface area contributed by atoms with Crippen LogP contribution >= 0.6 is 27.3 Å². The van der Waals surface area contributed by atoms with Crippen LogP contribution in [0, 0.1) is 0 Å². The molecule has 6 heteroatoms. The lowest BCUT2D eigenvalue weighted by Gasteiger charge is -1.98. The van der Waals surface area contributed by atoms with Gasteiger partial charge in [-0.2, -0.15) is 0 Å². The smallest absolute Gasteiger partial charge is 0.187 e. The molecule has 1 heterocycles. The first-order chi connectivity index (χ1) is 6.06. The van der Waals surface area contributed by atoms with Crippen LogP contribution in [-0.4, -0.2) is 25.9 Å². The van der Waals surface area contributed by atoms with Gasteiger partial charge in [-0.05, 0) is 34.5 Å². The Hall–Kier alpha value is 0.0900. The maximum Gasteiger partial charge on any atom is 0.187 e. The molecule has 74 valence electrons. The van der Waals surface area contributed by atoms with E-state index in [1.807, 2.05) is 0 Å². The van der Waals surface area contributed by atoms with Crippen molar-refractivity contribution in [3.8, 4) is 0 Å². The number of rotatable bonds is 4. The van der Waals surface area contributed by atoms with Crippen molar-refractivity contribution in [1.82, 2.24) is 0 Å². The molecule has 0 saturated heterocycles. The Morgan fingerprint density at radius 2 is 2.15 bits per heavy atom. The van der Waals surface area contributed by atoms with E-state index in [0.717, 1.165) is 3.79 Å². The Bertz CT molecular complexity index is 369. The van der Waals surface area contributed by atoms with Crippen LogP contribution in [-0.2, 0) is 9.84 Å².